The van der Waals surface area contributed by atoms with Crippen molar-refractivity contribution >= 4 is 11.8 Å². The molecule has 4 nitrogen and oxygen atoms in total. The lowest BCUT2D eigenvalue weighted by atomic mass is 9.96. The highest BCUT2D eigenvalue weighted by Crippen LogP contribution is 2.16. The van der Waals surface area contributed by atoms with E-state index in [4.69, 9.17) is 5.73 Å². The minimum Gasteiger partial charge on any atom is -0.314 e. The fraction of sp³-hybridized carbons (Fsp3) is 0.500. The Kier molecular flexibility index (Phi) is 2.02. The lowest BCUT2D eigenvalue weighted by Gasteiger charge is -2.14. The molecule has 1 heterocycles. The van der Waals surface area contributed by atoms with Crippen LogP contribution in [0.2, 0.25) is 0 Å². The summed E-state index contributed by atoms with van der Waals surface area (Å²) in [7, 11) is 0. The third-order valence-electron chi connectivity index (χ3n) is 1.68. The predicted molar refractivity (Wildman–Crippen MR) is 44.1 cm³/mol. The van der Waals surface area contributed by atoms with Crippen molar-refractivity contribution in [2.24, 2.45) is 5.73 Å². The molecule has 0 saturated carbocycles. The molecule has 0 aromatic rings. The van der Waals surface area contributed by atoms with E-state index in [-0.39, 0.29) is 12.3 Å². The first-order valence-electron chi connectivity index (χ1n) is 3.73. The maximum atomic E-state index is 11.1. The van der Waals surface area contributed by atoms with Crippen molar-refractivity contribution in [1.29, 1.82) is 0 Å². The Balaban J connectivity index is 2.92. The lowest BCUT2D eigenvalue weighted by Crippen LogP contribution is -2.45. The maximum absolute atomic E-state index is 11.1. The van der Waals surface area contributed by atoms with E-state index in [2.05, 4.69) is 5.32 Å². The molecule has 3 N–H and O–H groups in total. The number of allylic oxidation sites excluding steroid dienone is 1. The number of nitrogens with two attached hydrogens (primary N) is 1. The number of hydrogen-bond acceptors (Lipinski definition) is 3. The van der Waals surface area contributed by atoms with Crippen LogP contribution in [0.15, 0.2) is 11.6 Å². The van der Waals surface area contributed by atoms with Gasteiger partial charge in [0.25, 0.3) is 5.91 Å². The van der Waals surface area contributed by atoms with Crippen LogP contribution in [0.1, 0.15) is 20.3 Å². The molecule has 4 heteroatoms. The van der Waals surface area contributed by atoms with Gasteiger partial charge in [-0.2, -0.15) is 0 Å². The van der Waals surface area contributed by atoms with Crippen molar-refractivity contribution in [3.05, 3.63) is 11.6 Å². The maximum Gasteiger partial charge on any atom is 0.251 e. The Labute approximate surface area is 70.8 Å². The smallest absolute Gasteiger partial charge is 0.251 e. The van der Waals surface area contributed by atoms with Crippen LogP contribution in [0, 0.1) is 0 Å². The van der Waals surface area contributed by atoms with Gasteiger partial charge in [0.1, 0.15) is 5.54 Å². The van der Waals surface area contributed by atoms with Crippen LogP contribution < -0.4 is 11.1 Å². The summed E-state index contributed by atoms with van der Waals surface area (Å²) < 4.78 is 0. The van der Waals surface area contributed by atoms with Crippen LogP contribution >= 0.6 is 0 Å². The molecule has 0 radical (unpaired) electrons. The normalized spacial score (nSPS) is 28.6. The lowest BCUT2D eigenvalue weighted by molar-refractivity contribution is -0.125. The van der Waals surface area contributed by atoms with Gasteiger partial charge in [-0.05, 0) is 13.8 Å². The molecule has 12 heavy (non-hydrogen) atoms. The van der Waals surface area contributed by atoms with Gasteiger partial charge in [0.2, 0.25) is 5.91 Å². The van der Waals surface area contributed by atoms with E-state index >= 15 is 0 Å². The zero-order chi connectivity index (χ0) is 9.35. The van der Waals surface area contributed by atoms with Crippen LogP contribution in [0.25, 0.3) is 0 Å². The Morgan fingerprint density at radius 2 is 2.17 bits per heavy atom. The Morgan fingerprint density at radius 3 is 2.50 bits per heavy atom. The highest BCUT2D eigenvalue weighted by atomic mass is 16.2. The monoisotopic (exact) mass is 168 g/mol. The minimum atomic E-state index is -1.12. The van der Waals surface area contributed by atoms with Crippen LogP contribution in [-0.4, -0.2) is 17.4 Å². The fourth-order valence-electron chi connectivity index (χ4n) is 1.26. The Bertz CT molecular complexity index is 266. The SMILES string of the molecule is CC(C)=CC1(N)CC(=O)NC1=O. The second-order valence-corrected chi connectivity index (χ2v) is 3.32. The predicted octanol–water partition coefficient (Wildman–Crippen LogP) is -0.303. The van der Waals surface area contributed by atoms with E-state index in [9.17, 15) is 9.59 Å². The van der Waals surface area contributed by atoms with Gasteiger partial charge in [0, 0.05) is 0 Å². The first kappa shape index (κ1) is 8.93. The summed E-state index contributed by atoms with van der Waals surface area (Å²) in [5.41, 5.74) is 5.50. The highest BCUT2D eigenvalue weighted by Gasteiger charge is 2.41. The summed E-state index contributed by atoms with van der Waals surface area (Å²) in [5.74, 6) is -0.714. The summed E-state index contributed by atoms with van der Waals surface area (Å²) in [4.78, 5) is 21.9. The molecule has 1 unspecified atom stereocenters. The van der Waals surface area contributed by atoms with Crippen LogP contribution in [0.4, 0.5) is 0 Å². The molecule has 1 rings (SSSR count). The van der Waals surface area contributed by atoms with Crippen LogP contribution in [0.3, 0.4) is 0 Å². The summed E-state index contributed by atoms with van der Waals surface area (Å²) in [6.45, 7) is 3.68. The van der Waals surface area contributed by atoms with E-state index in [1.165, 1.54) is 0 Å². The molecule has 1 fully saturated rings. The third-order valence-corrected chi connectivity index (χ3v) is 1.68. The molecule has 1 aliphatic heterocycles. The number of imide groups is 1. The molecular formula is C8H12N2O2. The number of nitrogens with one attached hydrogen (secondary N) is 1. The number of carbonyl (C=O) groups excluding carboxylic acids is 2. The molecule has 66 valence electrons. The number of hydrogen-bond donors (Lipinski definition) is 2. The van der Waals surface area contributed by atoms with E-state index in [1.807, 2.05) is 13.8 Å². The van der Waals surface area contributed by atoms with Gasteiger partial charge in [-0.15, -0.1) is 0 Å². The molecule has 1 atom stereocenters. The Hall–Kier alpha value is -1.16. The second-order valence-electron chi connectivity index (χ2n) is 3.32. The largest absolute Gasteiger partial charge is 0.314 e. The average Bonchev–Trinajstić information content (AvgIpc) is 2.04. The second kappa shape index (κ2) is 2.71. The van der Waals surface area contributed by atoms with Crippen molar-refractivity contribution in [2.75, 3.05) is 0 Å². The van der Waals surface area contributed by atoms with Gasteiger partial charge in [-0.3, -0.25) is 14.9 Å². The molecule has 1 aliphatic rings. The van der Waals surface area contributed by atoms with Crippen LogP contribution in [0.5, 0.6) is 0 Å². The van der Waals surface area contributed by atoms with Gasteiger partial charge in [-0.25, -0.2) is 0 Å². The fourth-order valence-corrected chi connectivity index (χ4v) is 1.26. The van der Waals surface area contributed by atoms with Crippen molar-refractivity contribution in [1.82, 2.24) is 5.32 Å². The van der Waals surface area contributed by atoms with Gasteiger partial charge in [0.05, 0.1) is 6.42 Å². The highest BCUT2D eigenvalue weighted by molar-refractivity contribution is 6.09. The summed E-state index contributed by atoms with van der Waals surface area (Å²) in [6.07, 6.45) is 1.67. The van der Waals surface area contributed by atoms with Crippen molar-refractivity contribution in [3.8, 4) is 0 Å². The molecule has 0 aromatic heterocycles. The first-order chi connectivity index (χ1) is 5.44. The summed E-state index contributed by atoms with van der Waals surface area (Å²) in [5, 5.41) is 2.17. The quantitative estimate of drug-likeness (QED) is 0.417. The Morgan fingerprint density at radius 1 is 1.58 bits per heavy atom. The van der Waals surface area contributed by atoms with E-state index in [1.54, 1.807) is 6.08 Å². The first-order valence-corrected chi connectivity index (χ1v) is 3.73. The van der Waals surface area contributed by atoms with Crippen molar-refractivity contribution < 1.29 is 9.59 Å². The summed E-state index contributed by atoms with van der Waals surface area (Å²) in [6, 6.07) is 0. The summed E-state index contributed by atoms with van der Waals surface area (Å²) >= 11 is 0. The molecule has 0 aromatic carbocycles. The van der Waals surface area contributed by atoms with Gasteiger partial charge in [-0.1, -0.05) is 11.6 Å². The molecule has 0 bridgehead atoms. The number of carbonyl (C=O) groups is 2. The zero-order valence-corrected chi connectivity index (χ0v) is 7.18. The van der Waals surface area contributed by atoms with Crippen LogP contribution in [-0.2, 0) is 9.59 Å². The topological polar surface area (TPSA) is 72.2 Å². The third kappa shape index (κ3) is 1.53. The molecule has 0 spiro atoms. The molecule has 0 aliphatic carbocycles. The standard InChI is InChI=1S/C8H12N2O2/c1-5(2)3-8(9)4-6(11)10-7(8)12/h3H,4,9H2,1-2H3,(H,10,11,12). The van der Waals surface area contributed by atoms with Gasteiger partial charge in [0.15, 0.2) is 0 Å². The van der Waals surface area contributed by atoms with Gasteiger partial charge < -0.3 is 5.73 Å². The van der Waals surface area contributed by atoms with E-state index in [0.717, 1.165) is 5.57 Å². The number of rotatable bonds is 1. The molecular weight excluding hydrogens is 156 g/mol. The van der Waals surface area contributed by atoms with Gasteiger partial charge >= 0.3 is 0 Å². The zero-order valence-electron chi connectivity index (χ0n) is 7.18. The van der Waals surface area contributed by atoms with Crippen molar-refractivity contribution in [2.45, 2.75) is 25.8 Å². The molecule has 1 saturated heterocycles. The minimum absolute atomic E-state index is 0.0526. The number of amides is 2. The van der Waals surface area contributed by atoms with E-state index in [0.29, 0.717) is 0 Å². The molecule has 2 amide bonds. The van der Waals surface area contributed by atoms with E-state index < -0.39 is 11.4 Å². The van der Waals surface area contributed by atoms with Crippen molar-refractivity contribution in [3.63, 3.8) is 0 Å². The average molecular weight is 168 g/mol.